The van der Waals surface area contributed by atoms with Crippen molar-refractivity contribution in [2.75, 3.05) is 13.7 Å². The Morgan fingerprint density at radius 1 is 1.35 bits per heavy atom. The Bertz CT molecular complexity index is 675. The van der Waals surface area contributed by atoms with Gasteiger partial charge in [-0.2, -0.15) is 0 Å². The van der Waals surface area contributed by atoms with Crippen LogP contribution in [0.5, 0.6) is 0 Å². The second-order valence-electron chi connectivity index (χ2n) is 5.80. The van der Waals surface area contributed by atoms with Crippen LogP contribution in [0.25, 0.3) is 11.1 Å². The standard InChI is InChI=1S/C18H20N2O3/c1-23-18(22)17-9-16(21)12-20(17)11-13-4-2-5-14(8-13)15-6-3-7-19-10-15/h2-8,10,16-17,21H,9,11-12H2,1H3/t16-,17-/m0/s1. The van der Waals surface area contributed by atoms with Gasteiger partial charge in [0.25, 0.3) is 0 Å². The van der Waals surface area contributed by atoms with Crippen molar-refractivity contribution < 1.29 is 14.6 Å². The van der Waals surface area contributed by atoms with Gasteiger partial charge in [-0.3, -0.25) is 14.7 Å². The molecule has 0 unspecified atom stereocenters. The highest BCUT2D eigenvalue weighted by atomic mass is 16.5. The molecular weight excluding hydrogens is 292 g/mol. The smallest absolute Gasteiger partial charge is 0.323 e. The summed E-state index contributed by atoms with van der Waals surface area (Å²) in [4.78, 5) is 18.0. The van der Waals surface area contributed by atoms with Crippen LogP contribution in [-0.2, 0) is 16.1 Å². The lowest BCUT2D eigenvalue weighted by Crippen LogP contribution is -2.36. The first-order valence-electron chi connectivity index (χ1n) is 7.66. The molecule has 5 nitrogen and oxygen atoms in total. The monoisotopic (exact) mass is 312 g/mol. The highest BCUT2D eigenvalue weighted by Gasteiger charge is 2.36. The van der Waals surface area contributed by atoms with E-state index >= 15 is 0 Å². The number of hydrogen-bond donors (Lipinski definition) is 1. The maximum atomic E-state index is 11.9. The van der Waals surface area contributed by atoms with E-state index in [1.165, 1.54) is 7.11 Å². The van der Waals surface area contributed by atoms with Crippen molar-refractivity contribution in [2.45, 2.75) is 25.1 Å². The number of hydrogen-bond acceptors (Lipinski definition) is 5. The number of ether oxygens (including phenoxy) is 1. The summed E-state index contributed by atoms with van der Waals surface area (Å²) in [5.41, 5.74) is 3.24. The normalized spacial score (nSPS) is 21.3. The van der Waals surface area contributed by atoms with E-state index in [-0.39, 0.29) is 12.0 Å². The molecule has 0 bridgehead atoms. The molecule has 120 valence electrons. The van der Waals surface area contributed by atoms with Crippen LogP contribution in [0.15, 0.2) is 48.8 Å². The number of esters is 1. The number of methoxy groups -OCH3 is 1. The molecule has 0 radical (unpaired) electrons. The fourth-order valence-electron chi connectivity index (χ4n) is 3.05. The molecule has 3 rings (SSSR count). The zero-order chi connectivity index (χ0) is 16.2. The van der Waals surface area contributed by atoms with Crippen molar-refractivity contribution in [1.82, 2.24) is 9.88 Å². The summed E-state index contributed by atoms with van der Waals surface area (Å²) in [5.74, 6) is -0.287. The summed E-state index contributed by atoms with van der Waals surface area (Å²) >= 11 is 0. The van der Waals surface area contributed by atoms with Crippen LogP contribution in [0.3, 0.4) is 0 Å². The van der Waals surface area contributed by atoms with Crippen molar-refractivity contribution >= 4 is 5.97 Å². The van der Waals surface area contributed by atoms with Crippen LogP contribution in [0.4, 0.5) is 0 Å². The molecule has 0 spiro atoms. The molecular formula is C18H20N2O3. The van der Waals surface area contributed by atoms with Crippen LogP contribution in [0, 0.1) is 0 Å². The van der Waals surface area contributed by atoms with E-state index in [9.17, 15) is 9.90 Å². The van der Waals surface area contributed by atoms with Crippen molar-refractivity contribution in [3.8, 4) is 11.1 Å². The SMILES string of the molecule is COC(=O)[C@@H]1C[C@H](O)CN1Cc1cccc(-c2cccnc2)c1. The lowest BCUT2D eigenvalue weighted by atomic mass is 10.0. The summed E-state index contributed by atoms with van der Waals surface area (Å²) in [5, 5.41) is 9.87. The highest BCUT2D eigenvalue weighted by Crippen LogP contribution is 2.24. The van der Waals surface area contributed by atoms with E-state index in [0.29, 0.717) is 19.5 Å². The van der Waals surface area contributed by atoms with E-state index in [4.69, 9.17) is 4.74 Å². The number of likely N-dealkylation sites (tertiary alicyclic amines) is 1. The van der Waals surface area contributed by atoms with Crippen LogP contribution in [0.2, 0.25) is 0 Å². The van der Waals surface area contributed by atoms with Gasteiger partial charge in [0.1, 0.15) is 6.04 Å². The van der Waals surface area contributed by atoms with Crippen molar-refractivity contribution in [2.24, 2.45) is 0 Å². The molecule has 0 amide bonds. The number of β-amino-alcohol motifs (C(OH)–C–C–N with tert-alkyl or cyclic N) is 1. The minimum absolute atomic E-state index is 0.287. The summed E-state index contributed by atoms with van der Waals surface area (Å²) in [6.07, 6.45) is 3.52. The first-order chi connectivity index (χ1) is 11.2. The molecule has 2 atom stereocenters. The lowest BCUT2D eigenvalue weighted by molar-refractivity contribution is -0.146. The fourth-order valence-corrected chi connectivity index (χ4v) is 3.05. The zero-order valence-corrected chi connectivity index (χ0v) is 13.1. The third kappa shape index (κ3) is 3.57. The second-order valence-corrected chi connectivity index (χ2v) is 5.80. The van der Waals surface area contributed by atoms with Crippen molar-refractivity contribution in [3.05, 3.63) is 54.4 Å². The summed E-state index contributed by atoms with van der Waals surface area (Å²) in [6, 6.07) is 11.7. The third-order valence-electron chi connectivity index (χ3n) is 4.16. The number of carbonyl (C=O) groups is 1. The first-order valence-corrected chi connectivity index (χ1v) is 7.66. The summed E-state index contributed by atoms with van der Waals surface area (Å²) in [6.45, 7) is 1.09. The van der Waals surface area contributed by atoms with Gasteiger partial charge in [-0.25, -0.2) is 0 Å². The number of benzene rings is 1. The average molecular weight is 312 g/mol. The number of pyridine rings is 1. The van der Waals surface area contributed by atoms with Gasteiger partial charge in [-0.05, 0) is 28.8 Å². The fraction of sp³-hybridized carbons (Fsp3) is 0.333. The first kappa shape index (κ1) is 15.6. The van der Waals surface area contributed by atoms with Gasteiger partial charge in [-0.1, -0.05) is 24.3 Å². The highest BCUT2D eigenvalue weighted by molar-refractivity contribution is 5.76. The minimum atomic E-state index is -0.486. The predicted octanol–water partition coefficient (Wildman–Crippen LogP) is 1.86. The van der Waals surface area contributed by atoms with Gasteiger partial charge in [-0.15, -0.1) is 0 Å². The Balaban J connectivity index is 1.79. The Labute approximate surface area is 135 Å². The van der Waals surface area contributed by atoms with Crippen LogP contribution in [0.1, 0.15) is 12.0 Å². The molecule has 23 heavy (non-hydrogen) atoms. The van der Waals surface area contributed by atoms with Crippen LogP contribution < -0.4 is 0 Å². The third-order valence-corrected chi connectivity index (χ3v) is 4.16. The zero-order valence-electron chi connectivity index (χ0n) is 13.1. The van der Waals surface area contributed by atoms with Crippen LogP contribution >= 0.6 is 0 Å². The van der Waals surface area contributed by atoms with E-state index < -0.39 is 6.10 Å². The number of nitrogens with zero attached hydrogens (tertiary/aromatic N) is 2. The van der Waals surface area contributed by atoms with Gasteiger partial charge in [0, 0.05) is 31.9 Å². The maximum Gasteiger partial charge on any atom is 0.323 e. The summed E-state index contributed by atoms with van der Waals surface area (Å²) in [7, 11) is 1.38. The molecule has 0 aliphatic carbocycles. The Morgan fingerprint density at radius 2 is 2.17 bits per heavy atom. The van der Waals surface area contributed by atoms with Gasteiger partial charge >= 0.3 is 5.97 Å². The Hall–Kier alpha value is -2.24. The molecule has 1 N–H and O–H groups in total. The molecule has 1 aliphatic rings. The lowest BCUT2D eigenvalue weighted by Gasteiger charge is -2.22. The molecule has 5 heteroatoms. The number of aliphatic hydroxyl groups excluding tert-OH is 1. The number of carbonyl (C=O) groups excluding carboxylic acids is 1. The number of rotatable bonds is 4. The molecule has 1 aromatic heterocycles. The predicted molar refractivity (Wildman–Crippen MR) is 86.5 cm³/mol. The van der Waals surface area contributed by atoms with Gasteiger partial charge < -0.3 is 9.84 Å². The quantitative estimate of drug-likeness (QED) is 0.873. The molecule has 1 aromatic carbocycles. The van der Waals surface area contributed by atoms with E-state index in [1.54, 1.807) is 6.20 Å². The molecule has 0 saturated carbocycles. The van der Waals surface area contributed by atoms with E-state index in [2.05, 4.69) is 11.1 Å². The largest absolute Gasteiger partial charge is 0.468 e. The van der Waals surface area contributed by atoms with Gasteiger partial charge in [0.2, 0.25) is 0 Å². The molecule has 1 aliphatic heterocycles. The van der Waals surface area contributed by atoms with Gasteiger partial charge in [0.05, 0.1) is 13.2 Å². The Morgan fingerprint density at radius 3 is 2.91 bits per heavy atom. The van der Waals surface area contributed by atoms with Gasteiger partial charge in [0.15, 0.2) is 0 Å². The van der Waals surface area contributed by atoms with E-state index in [0.717, 1.165) is 16.7 Å². The molecule has 1 saturated heterocycles. The molecule has 1 fully saturated rings. The summed E-state index contributed by atoms with van der Waals surface area (Å²) < 4.78 is 4.84. The van der Waals surface area contributed by atoms with E-state index in [1.807, 2.05) is 41.4 Å². The number of aromatic nitrogens is 1. The molecule has 2 aromatic rings. The second kappa shape index (κ2) is 6.89. The number of aliphatic hydroxyl groups is 1. The van der Waals surface area contributed by atoms with Crippen LogP contribution in [-0.4, -0.2) is 46.8 Å². The van der Waals surface area contributed by atoms with Crippen molar-refractivity contribution in [1.29, 1.82) is 0 Å². The Kier molecular flexibility index (Phi) is 4.69. The minimum Gasteiger partial charge on any atom is -0.468 e. The average Bonchev–Trinajstić information content (AvgIpc) is 2.95. The topological polar surface area (TPSA) is 62.7 Å². The maximum absolute atomic E-state index is 11.9. The molecule has 2 heterocycles. The van der Waals surface area contributed by atoms with Crippen molar-refractivity contribution in [3.63, 3.8) is 0 Å².